The molecule has 0 aliphatic carbocycles. The van der Waals surface area contributed by atoms with Gasteiger partial charge < -0.3 is 10.5 Å². The number of anilines is 2. The van der Waals surface area contributed by atoms with Crippen LogP contribution in [0.25, 0.3) is 0 Å². The van der Waals surface area contributed by atoms with Crippen molar-refractivity contribution >= 4 is 46.2 Å². The highest BCUT2D eigenvalue weighted by atomic mass is 16.6. The van der Waals surface area contributed by atoms with Crippen LogP contribution in [0.4, 0.5) is 22.7 Å². The zero-order valence-electron chi connectivity index (χ0n) is 14.8. The summed E-state index contributed by atoms with van der Waals surface area (Å²) in [5.41, 5.74) is -1.74. The molecule has 0 spiro atoms. The lowest BCUT2D eigenvalue weighted by atomic mass is 10.1. The summed E-state index contributed by atoms with van der Waals surface area (Å²) in [7, 11) is 0. The lowest BCUT2D eigenvalue weighted by Crippen LogP contribution is -2.34. The third kappa shape index (κ3) is 3.54. The van der Waals surface area contributed by atoms with Crippen LogP contribution in [0.3, 0.4) is 0 Å². The lowest BCUT2D eigenvalue weighted by molar-refractivity contribution is -0.385. The number of nitro benzene ring substituents is 2. The smallest absolute Gasteiger partial charge is 0.284 e. The molecule has 13 nitrogen and oxygen atoms in total. The highest BCUT2D eigenvalue weighted by molar-refractivity contribution is 6.61. The van der Waals surface area contributed by atoms with Gasteiger partial charge in [-0.15, -0.1) is 0 Å². The molecule has 2 N–H and O–H groups in total. The summed E-state index contributed by atoms with van der Waals surface area (Å²) in [6.45, 7) is 0. The predicted octanol–water partition coefficient (Wildman–Crippen LogP) is 1.46. The average Bonchev–Trinajstić information content (AvgIpc) is 2.97. The summed E-state index contributed by atoms with van der Waals surface area (Å²) >= 11 is 0. The normalized spacial score (nSPS) is 17.3. The van der Waals surface area contributed by atoms with Crippen LogP contribution in [0.2, 0.25) is 0 Å². The second-order valence-corrected chi connectivity index (χ2v) is 5.97. The Labute approximate surface area is 166 Å². The Bertz CT molecular complexity index is 1130. The molecule has 1 aliphatic rings. The van der Waals surface area contributed by atoms with Crippen LogP contribution in [-0.2, 0) is 14.4 Å². The first-order valence-corrected chi connectivity index (χ1v) is 8.14. The third-order valence-corrected chi connectivity index (χ3v) is 4.16. The number of carbonyl (C=O) groups is 3. The fourth-order valence-corrected chi connectivity index (χ4v) is 2.82. The zero-order chi connectivity index (χ0) is 22.0. The van der Waals surface area contributed by atoms with Gasteiger partial charge in [0.1, 0.15) is 0 Å². The van der Waals surface area contributed by atoms with E-state index >= 15 is 0 Å². The average molecular weight is 413 g/mol. The van der Waals surface area contributed by atoms with E-state index in [0.717, 1.165) is 18.2 Å². The fourth-order valence-electron chi connectivity index (χ4n) is 2.82. The van der Waals surface area contributed by atoms with E-state index in [9.17, 15) is 39.8 Å². The van der Waals surface area contributed by atoms with Crippen molar-refractivity contribution in [1.29, 1.82) is 0 Å². The molecule has 2 aromatic rings. The highest BCUT2D eigenvalue weighted by Crippen LogP contribution is 2.29. The number of carbonyl (C=O) groups excluding carboxylic acids is 3. The molecule has 0 radical (unpaired) electrons. The number of amides is 3. The van der Waals surface area contributed by atoms with Crippen molar-refractivity contribution in [3.63, 3.8) is 0 Å². The molecule has 3 amide bonds. The topological polar surface area (TPSA) is 185 Å². The molecule has 3 rings (SSSR count). The first-order valence-electron chi connectivity index (χ1n) is 8.14. The number of nitrogens with one attached hydrogen (secondary N) is 1. The number of oxime groups is 1. The van der Waals surface area contributed by atoms with Crippen LogP contribution in [0, 0.1) is 26.1 Å². The minimum atomic E-state index is -1.86. The number of imide groups is 1. The van der Waals surface area contributed by atoms with Crippen LogP contribution < -0.4 is 10.2 Å². The number of hydrogen-bond donors (Lipinski definition) is 2. The minimum Gasteiger partial charge on any atom is -0.410 e. The van der Waals surface area contributed by atoms with Crippen LogP contribution in [0.1, 0.15) is 0 Å². The van der Waals surface area contributed by atoms with Crippen molar-refractivity contribution in [2.45, 2.75) is 0 Å². The second kappa shape index (κ2) is 7.75. The van der Waals surface area contributed by atoms with E-state index < -0.39 is 44.9 Å². The van der Waals surface area contributed by atoms with Gasteiger partial charge in [-0.2, -0.15) is 0 Å². The maximum atomic E-state index is 12.7. The van der Waals surface area contributed by atoms with E-state index in [0.29, 0.717) is 4.90 Å². The molecule has 0 aromatic heterocycles. The monoisotopic (exact) mass is 413 g/mol. The molecule has 0 unspecified atom stereocenters. The van der Waals surface area contributed by atoms with Crippen LogP contribution in [0.15, 0.2) is 53.7 Å². The van der Waals surface area contributed by atoms with Gasteiger partial charge in [0, 0.05) is 30.0 Å². The standard InChI is InChI=1S/C17H11N5O8/c23-15(18-9-3-1-5-11(7-9)21(27)28)13-14(19-26)17(25)20(16(13)24)10-4-2-6-12(8-10)22(29)30/h1-8,13,26H,(H,18,23)/b19-14-/t13-/m0/s1. The Balaban J connectivity index is 1.93. The molecule has 0 bridgehead atoms. The van der Waals surface area contributed by atoms with Gasteiger partial charge in [-0.1, -0.05) is 17.3 Å². The third-order valence-electron chi connectivity index (χ3n) is 4.16. The Morgan fingerprint density at radius 2 is 1.63 bits per heavy atom. The van der Waals surface area contributed by atoms with Crippen molar-refractivity contribution in [3.05, 3.63) is 68.8 Å². The molecule has 13 heteroatoms. The number of hydrogen-bond acceptors (Lipinski definition) is 9. The summed E-state index contributed by atoms with van der Waals surface area (Å²) in [5, 5.41) is 36.0. The maximum Gasteiger partial charge on any atom is 0.284 e. The van der Waals surface area contributed by atoms with Gasteiger partial charge in [-0.05, 0) is 12.1 Å². The predicted molar refractivity (Wildman–Crippen MR) is 100 cm³/mol. The quantitative estimate of drug-likeness (QED) is 0.242. The van der Waals surface area contributed by atoms with Gasteiger partial charge in [0.05, 0.1) is 15.5 Å². The number of rotatable bonds is 5. The van der Waals surface area contributed by atoms with E-state index in [-0.39, 0.29) is 17.1 Å². The van der Waals surface area contributed by atoms with E-state index in [1.54, 1.807) is 0 Å². The number of benzene rings is 2. The SMILES string of the molecule is O=C(Nc1cccc([N+](=O)[O-])c1)[C@H]1C(=O)N(c2cccc([N+](=O)[O-])c2)C(=O)/C1=N\O. The Kier molecular flexibility index (Phi) is 5.18. The molecule has 2 aromatic carbocycles. The molecule has 1 aliphatic heterocycles. The van der Waals surface area contributed by atoms with Gasteiger partial charge in [0.2, 0.25) is 5.91 Å². The van der Waals surface area contributed by atoms with Gasteiger partial charge >= 0.3 is 0 Å². The first-order chi connectivity index (χ1) is 14.2. The Morgan fingerprint density at radius 3 is 2.23 bits per heavy atom. The van der Waals surface area contributed by atoms with Gasteiger partial charge in [-0.25, -0.2) is 4.90 Å². The Hall–Kier alpha value is -4.68. The Morgan fingerprint density at radius 1 is 1.03 bits per heavy atom. The van der Waals surface area contributed by atoms with Crippen LogP contribution >= 0.6 is 0 Å². The van der Waals surface area contributed by atoms with Crippen molar-refractivity contribution in [1.82, 2.24) is 0 Å². The van der Waals surface area contributed by atoms with Crippen LogP contribution in [-0.4, -0.2) is 38.5 Å². The minimum absolute atomic E-state index is 0.0273. The second-order valence-electron chi connectivity index (χ2n) is 5.97. The molecular formula is C17H11N5O8. The van der Waals surface area contributed by atoms with Crippen molar-refractivity contribution in [3.8, 4) is 0 Å². The largest absolute Gasteiger partial charge is 0.410 e. The van der Waals surface area contributed by atoms with Gasteiger partial charge in [0.15, 0.2) is 11.6 Å². The summed E-state index contributed by atoms with van der Waals surface area (Å²) < 4.78 is 0. The number of nitrogens with zero attached hydrogens (tertiary/aromatic N) is 4. The van der Waals surface area contributed by atoms with E-state index in [4.69, 9.17) is 0 Å². The fraction of sp³-hybridized carbons (Fsp3) is 0.0588. The highest BCUT2D eigenvalue weighted by Gasteiger charge is 2.50. The summed E-state index contributed by atoms with van der Waals surface area (Å²) in [4.78, 5) is 58.7. The maximum absolute atomic E-state index is 12.7. The molecule has 1 saturated heterocycles. The first kappa shape index (κ1) is 20.1. The molecule has 1 fully saturated rings. The summed E-state index contributed by atoms with van der Waals surface area (Å²) in [5.74, 6) is -5.17. The van der Waals surface area contributed by atoms with Gasteiger partial charge in [0.25, 0.3) is 23.2 Å². The van der Waals surface area contributed by atoms with Crippen molar-refractivity contribution < 1.29 is 29.4 Å². The lowest BCUT2D eigenvalue weighted by Gasteiger charge is -2.14. The van der Waals surface area contributed by atoms with Crippen LogP contribution in [0.5, 0.6) is 0 Å². The molecular weight excluding hydrogens is 402 g/mol. The number of nitro groups is 2. The molecule has 0 saturated carbocycles. The van der Waals surface area contributed by atoms with E-state index in [1.807, 2.05) is 0 Å². The van der Waals surface area contributed by atoms with E-state index in [1.165, 1.54) is 30.3 Å². The summed E-state index contributed by atoms with van der Waals surface area (Å²) in [6, 6.07) is 9.40. The molecule has 1 atom stereocenters. The van der Waals surface area contributed by atoms with Crippen molar-refractivity contribution in [2.24, 2.45) is 11.1 Å². The molecule has 152 valence electrons. The number of non-ortho nitro benzene ring substituents is 2. The zero-order valence-corrected chi connectivity index (χ0v) is 14.8. The van der Waals surface area contributed by atoms with Crippen molar-refractivity contribution in [2.75, 3.05) is 10.2 Å². The van der Waals surface area contributed by atoms with E-state index in [2.05, 4.69) is 10.5 Å². The van der Waals surface area contributed by atoms with Gasteiger partial charge in [-0.3, -0.25) is 34.6 Å². The molecule has 30 heavy (non-hydrogen) atoms. The summed E-state index contributed by atoms with van der Waals surface area (Å²) in [6.07, 6.45) is 0. The molecule has 1 heterocycles.